The fraction of sp³-hybridized carbons (Fsp3) is 0.259. The smallest absolute Gasteiger partial charge is 0.264 e. The van der Waals surface area contributed by atoms with Crippen LogP contribution in [0.1, 0.15) is 25.0 Å². The predicted octanol–water partition coefficient (Wildman–Crippen LogP) is 5.19. The second kappa shape index (κ2) is 12.6. The first-order chi connectivity index (χ1) is 17.9. The number of nitrogens with one attached hydrogen (secondary N) is 1. The van der Waals surface area contributed by atoms with Crippen molar-refractivity contribution in [3.8, 4) is 0 Å². The van der Waals surface area contributed by atoms with Crippen molar-refractivity contribution in [3.05, 3.63) is 93.7 Å². The van der Waals surface area contributed by atoms with Gasteiger partial charge in [0.2, 0.25) is 11.8 Å². The third kappa shape index (κ3) is 7.03. The molecule has 1 N–H and O–H groups in total. The Bertz CT molecular complexity index is 1400. The van der Waals surface area contributed by atoms with Crippen LogP contribution in [-0.2, 0) is 26.2 Å². The van der Waals surface area contributed by atoms with E-state index in [0.29, 0.717) is 22.2 Å². The molecule has 3 aromatic rings. The number of nitrogens with zero attached hydrogens (tertiary/aromatic N) is 2. The maximum absolute atomic E-state index is 13.8. The summed E-state index contributed by atoms with van der Waals surface area (Å²) in [6.07, 6.45) is 0. The van der Waals surface area contributed by atoms with Gasteiger partial charge in [-0.15, -0.1) is 0 Å². The Balaban J connectivity index is 2.04. The monoisotopic (exact) mass is 579 g/mol. The molecule has 0 spiro atoms. The lowest BCUT2D eigenvalue weighted by molar-refractivity contribution is -0.139. The lowest BCUT2D eigenvalue weighted by atomic mass is 10.1. The van der Waals surface area contributed by atoms with Gasteiger partial charge in [0, 0.05) is 23.1 Å². The fourth-order valence-corrected chi connectivity index (χ4v) is 5.59. The van der Waals surface area contributed by atoms with Crippen LogP contribution in [0.4, 0.5) is 10.1 Å². The SMILES string of the molecule is CCNC(=O)C(C)N(Cc1ccc(Cl)cc1Cl)C(=O)CN(c1ccc(C)cc1)S(=O)(=O)c1ccc(F)cc1. The molecule has 3 rings (SSSR count). The van der Waals surface area contributed by atoms with Crippen molar-refractivity contribution in [2.45, 2.75) is 38.3 Å². The highest BCUT2D eigenvalue weighted by Crippen LogP contribution is 2.27. The van der Waals surface area contributed by atoms with Crippen LogP contribution in [0, 0.1) is 12.7 Å². The van der Waals surface area contributed by atoms with E-state index in [0.717, 1.165) is 34.1 Å². The molecule has 202 valence electrons. The van der Waals surface area contributed by atoms with Crippen molar-refractivity contribution < 1.29 is 22.4 Å². The molecule has 38 heavy (non-hydrogen) atoms. The predicted molar refractivity (Wildman–Crippen MR) is 147 cm³/mol. The molecule has 0 aliphatic carbocycles. The number of amides is 2. The van der Waals surface area contributed by atoms with Gasteiger partial charge in [-0.25, -0.2) is 12.8 Å². The lowest BCUT2D eigenvalue weighted by Crippen LogP contribution is -2.51. The van der Waals surface area contributed by atoms with Gasteiger partial charge in [0.05, 0.1) is 10.6 Å². The third-order valence-electron chi connectivity index (χ3n) is 5.88. The van der Waals surface area contributed by atoms with Crippen LogP contribution in [0.3, 0.4) is 0 Å². The third-order valence-corrected chi connectivity index (χ3v) is 8.25. The molecule has 0 saturated carbocycles. The number of anilines is 1. The van der Waals surface area contributed by atoms with Crippen molar-refractivity contribution in [1.29, 1.82) is 0 Å². The first-order valence-corrected chi connectivity index (χ1v) is 14.0. The zero-order chi connectivity index (χ0) is 28.0. The number of benzene rings is 3. The molecule has 0 heterocycles. The van der Waals surface area contributed by atoms with Gasteiger partial charge in [-0.05, 0) is 74.9 Å². The number of carbonyl (C=O) groups excluding carboxylic acids is 2. The number of likely N-dealkylation sites (N-methyl/N-ethyl adjacent to an activating group) is 1. The molecule has 0 fully saturated rings. The van der Waals surface area contributed by atoms with E-state index in [-0.39, 0.29) is 17.1 Å². The quantitative estimate of drug-likeness (QED) is 0.358. The van der Waals surface area contributed by atoms with Crippen molar-refractivity contribution in [2.24, 2.45) is 0 Å². The number of carbonyl (C=O) groups is 2. The van der Waals surface area contributed by atoms with Gasteiger partial charge < -0.3 is 10.2 Å². The maximum atomic E-state index is 13.8. The molecule has 0 aromatic heterocycles. The second-order valence-electron chi connectivity index (χ2n) is 8.63. The first kappa shape index (κ1) is 29.4. The summed E-state index contributed by atoms with van der Waals surface area (Å²) in [5.41, 5.74) is 1.66. The average molecular weight is 581 g/mol. The highest BCUT2D eigenvalue weighted by molar-refractivity contribution is 7.92. The van der Waals surface area contributed by atoms with Gasteiger partial charge in [0.25, 0.3) is 10.0 Å². The van der Waals surface area contributed by atoms with E-state index in [9.17, 15) is 22.4 Å². The molecule has 3 aromatic carbocycles. The lowest BCUT2D eigenvalue weighted by Gasteiger charge is -2.32. The van der Waals surface area contributed by atoms with Crippen LogP contribution in [0.5, 0.6) is 0 Å². The zero-order valence-electron chi connectivity index (χ0n) is 21.1. The van der Waals surface area contributed by atoms with E-state index in [1.807, 2.05) is 6.92 Å². The van der Waals surface area contributed by atoms with Gasteiger partial charge in [0.1, 0.15) is 18.4 Å². The topological polar surface area (TPSA) is 86.8 Å². The van der Waals surface area contributed by atoms with E-state index in [2.05, 4.69) is 5.32 Å². The molecule has 0 saturated heterocycles. The van der Waals surface area contributed by atoms with Gasteiger partial charge in [-0.2, -0.15) is 0 Å². The van der Waals surface area contributed by atoms with Crippen LogP contribution in [0.2, 0.25) is 10.0 Å². The van der Waals surface area contributed by atoms with E-state index in [4.69, 9.17) is 23.2 Å². The van der Waals surface area contributed by atoms with E-state index in [1.165, 1.54) is 11.0 Å². The van der Waals surface area contributed by atoms with Gasteiger partial charge in [0.15, 0.2) is 0 Å². The summed E-state index contributed by atoms with van der Waals surface area (Å²) in [6.45, 7) is 4.82. The molecule has 0 aliphatic rings. The van der Waals surface area contributed by atoms with Gasteiger partial charge in [-0.3, -0.25) is 13.9 Å². The Morgan fingerprint density at radius 3 is 2.21 bits per heavy atom. The highest BCUT2D eigenvalue weighted by Gasteiger charge is 2.32. The number of aryl methyl sites for hydroxylation is 1. The normalized spacial score (nSPS) is 12.1. The number of hydrogen-bond acceptors (Lipinski definition) is 4. The fourth-order valence-electron chi connectivity index (χ4n) is 3.71. The molecule has 0 bridgehead atoms. The standard InChI is InChI=1S/C27H28Cl2FN3O4S/c1-4-31-27(35)19(3)32(16-20-7-8-21(28)15-25(20)29)26(34)17-33(23-11-5-18(2)6-12-23)38(36,37)24-13-9-22(30)10-14-24/h5-15,19H,4,16-17H2,1-3H3,(H,31,35). The molecular formula is C27H28Cl2FN3O4S. The summed E-state index contributed by atoms with van der Waals surface area (Å²) in [4.78, 5) is 27.6. The molecule has 0 aliphatic heterocycles. The second-order valence-corrected chi connectivity index (χ2v) is 11.3. The summed E-state index contributed by atoms with van der Waals surface area (Å²) in [6, 6.07) is 14.8. The van der Waals surface area contributed by atoms with Crippen molar-refractivity contribution in [1.82, 2.24) is 10.2 Å². The number of sulfonamides is 1. The molecule has 11 heteroatoms. The van der Waals surface area contributed by atoms with Crippen LogP contribution in [-0.4, -0.2) is 44.3 Å². The summed E-state index contributed by atoms with van der Waals surface area (Å²) < 4.78 is 41.8. The Morgan fingerprint density at radius 2 is 1.63 bits per heavy atom. The summed E-state index contributed by atoms with van der Waals surface area (Å²) in [5.74, 6) is -1.64. The minimum atomic E-state index is -4.28. The molecular weight excluding hydrogens is 552 g/mol. The minimum Gasteiger partial charge on any atom is -0.355 e. The van der Waals surface area contributed by atoms with Gasteiger partial charge >= 0.3 is 0 Å². The summed E-state index contributed by atoms with van der Waals surface area (Å²) in [7, 11) is -4.28. The van der Waals surface area contributed by atoms with Crippen molar-refractivity contribution >= 4 is 50.7 Å². The summed E-state index contributed by atoms with van der Waals surface area (Å²) >= 11 is 12.4. The zero-order valence-corrected chi connectivity index (χ0v) is 23.4. The number of hydrogen-bond donors (Lipinski definition) is 1. The van der Waals surface area contributed by atoms with Crippen molar-refractivity contribution in [2.75, 3.05) is 17.4 Å². The average Bonchev–Trinajstić information content (AvgIpc) is 2.87. The van der Waals surface area contributed by atoms with E-state index < -0.39 is 40.2 Å². The number of rotatable bonds is 10. The van der Waals surface area contributed by atoms with Crippen LogP contribution in [0.25, 0.3) is 0 Å². The highest BCUT2D eigenvalue weighted by atomic mass is 35.5. The van der Waals surface area contributed by atoms with Crippen molar-refractivity contribution in [3.63, 3.8) is 0 Å². The Hall–Kier alpha value is -3.14. The Labute approximate surface area is 232 Å². The Morgan fingerprint density at radius 1 is 1.00 bits per heavy atom. The number of halogens is 3. The largest absolute Gasteiger partial charge is 0.355 e. The Kier molecular flexibility index (Phi) is 9.76. The molecule has 1 atom stereocenters. The molecule has 1 unspecified atom stereocenters. The van der Waals surface area contributed by atoms with Gasteiger partial charge in [-0.1, -0.05) is 47.0 Å². The van der Waals surface area contributed by atoms with Crippen LogP contribution < -0.4 is 9.62 Å². The van der Waals surface area contributed by atoms with E-state index in [1.54, 1.807) is 50.2 Å². The molecule has 7 nitrogen and oxygen atoms in total. The maximum Gasteiger partial charge on any atom is 0.264 e. The van der Waals surface area contributed by atoms with Crippen LogP contribution in [0.15, 0.2) is 71.6 Å². The van der Waals surface area contributed by atoms with Crippen LogP contribution >= 0.6 is 23.2 Å². The van der Waals surface area contributed by atoms with E-state index >= 15 is 0 Å². The molecule has 0 radical (unpaired) electrons. The summed E-state index contributed by atoms with van der Waals surface area (Å²) in [5, 5.41) is 3.39. The molecule has 2 amide bonds. The minimum absolute atomic E-state index is 0.0640. The first-order valence-electron chi connectivity index (χ1n) is 11.8.